The van der Waals surface area contributed by atoms with Crippen molar-refractivity contribution in [3.05, 3.63) is 94.4 Å². The van der Waals surface area contributed by atoms with Crippen LogP contribution in [0.15, 0.2) is 87.5 Å². The number of pyridine rings is 1. The van der Waals surface area contributed by atoms with Crippen LogP contribution in [0.1, 0.15) is 11.3 Å². The molecule has 6 heteroatoms. The zero-order valence-electron chi connectivity index (χ0n) is 15.1. The monoisotopic (exact) mass is 384 g/mol. The number of hydrogen-bond donors (Lipinski definition) is 1. The second-order valence-electron chi connectivity index (χ2n) is 6.17. The highest BCUT2D eigenvalue weighted by Crippen LogP contribution is 2.31. The number of aryl methyl sites for hydroxylation is 1. The average molecular weight is 384 g/mol. The summed E-state index contributed by atoms with van der Waals surface area (Å²) in [5, 5.41) is 13.1. The largest absolute Gasteiger partial charge is 0.294 e. The molecule has 136 valence electrons. The molecular weight excluding hydrogens is 368 g/mol. The molecule has 0 aliphatic heterocycles. The van der Waals surface area contributed by atoms with Crippen molar-refractivity contribution in [3.8, 4) is 23.0 Å². The average Bonchev–Trinajstić information content (AvgIpc) is 3.03. The summed E-state index contributed by atoms with van der Waals surface area (Å²) < 4.78 is 1.50. The summed E-state index contributed by atoms with van der Waals surface area (Å²) in [5.74, 6) is 0. The summed E-state index contributed by atoms with van der Waals surface area (Å²) in [6.45, 7) is 1.84. The molecule has 5 nitrogen and oxygen atoms in total. The molecule has 2 heterocycles. The lowest BCUT2D eigenvalue weighted by Gasteiger charge is -2.06. The minimum atomic E-state index is -0.162. The number of para-hydroxylation sites is 1. The Hall–Kier alpha value is -3.56. The quantitative estimate of drug-likeness (QED) is 0.560. The van der Waals surface area contributed by atoms with Gasteiger partial charge in [0.05, 0.1) is 16.9 Å². The minimum absolute atomic E-state index is 0.162. The number of benzene rings is 2. The molecule has 0 radical (unpaired) electrons. The van der Waals surface area contributed by atoms with Crippen LogP contribution >= 0.6 is 11.8 Å². The van der Waals surface area contributed by atoms with Gasteiger partial charge < -0.3 is 0 Å². The Kier molecular flexibility index (Phi) is 4.83. The maximum absolute atomic E-state index is 12.9. The SMILES string of the molecule is Cc1[nH]n(-c2ccccc2)c(=O)c1Sc1nc(-c2ccccc2)ccc1C#N. The Bertz CT molecular complexity index is 1220. The van der Waals surface area contributed by atoms with Crippen molar-refractivity contribution in [1.82, 2.24) is 14.8 Å². The van der Waals surface area contributed by atoms with Crippen LogP contribution in [0.25, 0.3) is 16.9 Å². The number of aromatic nitrogens is 3. The normalized spacial score (nSPS) is 10.6. The predicted octanol–water partition coefficient (Wildman–Crippen LogP) is 4.56. The molecule has 0 aliphatic carbocycles. The van der Waals surface area contributed by atoms with Crippen LogP contribution in [0, 0.1) is 18.3 Å². The molecule has 0 aliphatic rings. The van der Waals surface area contributed by atoms with E-state index in [9.17, 15) is 10.1 Å². The van der Waals surface area contributed by atoms with Crippen LogP contribution in [0.3, 0.4) is 0 Å². The van der Waals surface area contributed by atoms with Gasteiger partial charge in [-0.2, -0.15) is 5.26 Å². The molecule has 0 spiro atoms. The van der Waals surface area contributed by atoms with Crippen LogP contribution < -0.4 is 5.56 Å². The van der Waals surface area contributed by atoms with Gasteiger partial charge in [0.15, 0.2) is 0 Å². The van der Waals surface area contributed by atoms with Crippen LogP contribution in [0.4, 0.5) is 0 Å². The molecule has 2 aromatic carbocycles. The summed E-state index contributed by atoms with van der Waals surface area (Å²) in [6.07, 6.45) is 0. The lowest BCUT2D eigenvalue weighted by molar-refractivity contribution is 0.834. The zero-order chi connectivity index (χ0) is 19.5. The first kappa shape index (κ1) is 17.8. The molecule has 0 unspecified atom stereocenters. The number of rotatable bonds is 4. The summed E-state index contributed by atoms with van der Waals surface area (Å²) in [7, 11) is 0. The van der Waals surface area contributed by atoms with Crippen molar-refractivity contribution in [2.45, 2.75) is 16.8 Å². The lowest BCUT2D eigenvalue weighted by atomic mass is 10.1. The number of hydrogen-bond acceptors (Lipinski definition) is 4. The smallest absolute Gasteiger partial charge is 0.285 e. The maximum Gasteiger partial charge on any atom is 0.285 e. The van der Waals surface area contributed by atoms with Crippen molar-refractivity contribution in [3.63, 3.8) is 0 Å². The molecule has 1 N–H and O–H groups in total. The molecule has 0 atom stereocenters. The molecular formula is C22H16N4OS. The Morgan fingerprint density at radius 2 is 1.68 bits per heavy atom. The van der Waals surface area contributed by atoms with E-state index in [0.29, 0.717) is 15.5 Å². The van der Waals surface area contributed by atoms with Crippen molar-refractivity contribution < 1.29 is 0 Å². The zero-order valence-corrected chi connectivity index (χ0v) is 15.9. The molecule has 2 aromatic heterocycles. The topological polar surface area (TPSA) is 74.5 Å². The van der Waals surface area contributed by atoms with E-state index >= 15 is 0 Å². The van der Waals surface area contributed by atoms with E-state index in [4.69, 9.17) is 0 Å². The van der Waals surface area contributed by atoms with Crippen molar-refractivity contribution >= 4 is 11.8 Å². The summed E-state index contributed by atoms with van der Waals surface area (Å²) in [4.78, 5) is 18.1. The summed E-state index contributed by atoms with van der Waals surface area (Å²) >= 11 is 1.22. The standard InChI is InChI=1S/C22H16N4OS/c1-15-20(22(27)26(25-15)18-10-6-3-7-11-18)28-21-17(14-23)12-13-19(24-21)16-8-4-2-5-9-16/h2-13,25H,1H3. The predicted molar refractivity (Wildman–Crippen MR) is 110 cm³/mol. The Morgan fingerprint density at radius 3 is 2.36 bits per heavy atom. The first-order valence-electron chi connectivity index (χ1n) is 8.69. The molecule has 4 aromatic rings. The van der Waals surface area contributed by atoms with E-state index in [-0.39, 0.29) is 5.56 Å². The maximum atomic E-state index is 12.9. The third kappa shape index (κ3) is 3.36. The Balaban J connectivity index is 1.77. The van der Waals surface area contributed by atoms with Crippen molar-refractivity contribution in [2.75, 3.05) is 0 Å². The highest BCUT2D eigenvalue weighted by atomic mass is 32.2. The van der Waals surface area contributed by atoms with Gasteiger partial charge in [-0.1, -0.05) is 60.3 Å². The second kappa shape index (κ2) is 7.59. The molecule has 0 bridgehead atoms. The number of H-pyrrole nitrogens is 1. The van der Waals surface area contributed by atoms with Gasteiger partial charge in [0, 0.05) is 11.3 Å². The van der Waals surface area contributed by atoms with Gasteiger partial charge in [0.1, 0.15) is 16.0 Å². The number of nitriles is 1. The van der Waals surface area contributed by atoms with Crippen LogP contribution in [-0.2, 0) is 0 Å². The molecule has 4 rings (SSSR count). The number of nitrogens with zero attached hydrogens (tertiary/aromatic N) is 3. The molecule has 0 saturated carbocycles. The third-order valence-corrected chi connectivity index (χ3v) is 5.47. The molecule has 0 fully saturated rings. The highest BCUT2D eigenvalue weighted by Gasteiger charge is 2.17. The lowest BCUT2D eigenvalue weighted by Crippen LogP contribution is -2.15. The van der Waals surface area contributed by atoms with E-state index in [1.54, 1.807) is 6.07 Å². The van der Waals surface area contributed by atoms with Gasteiger partial charge in [0.2, 0.25) is 0 Å². The summed E-state index contributed by atoms with van der Waals surface area (Å²) in [6, 6.07) is 24.9. The number of aromatic amines is 1. The van der Waals surface area contributed by atoms with E-state index in [1.807, 2.05) is 73.7 Å². The van der Waals surface area contributed by atoms with Gasteiger partial charge in [-0.3, -0.25) is 9.89 Å². The molecule has 28 heavy (non-hydrogen) atoms. The van der Waals surface area contributed by atoms with E-state index < -0.39 is 0 Å². The van der Waals surface area contributed by atoms with Gasteiger partial charge in [-0.15, -0.1) is 0 Å². The molecule has 0 amide bonds. The van der Waals surface area contributed by atoms with E-state index in [0.717, 1.165) is 22.6 Å². The van der Waals surface area contributed by atoms with E-state index in [1.165, 1.54) is 16.4 Å². The third-order valence-electron chi connectivity index (χ3n) is 4.28. The first-order valence-corrected chi connectivity index (χ1v) is 9.50. The van der Waals surface area contributed by atoms with E-state index in [2.05, 4.69) is 16.2 Å². The second-order valence-corrected chi connectivity index (χ2v) is 7.17. The van der Waals surface area contributed by atoms with Gasteiger partial charge in [-0.05, 0) is 31.2 Å². The highest BCUT2D eigenvalue weighted by molar-refractivity contribution is 7.99. The van der Waals surface area contributed by atoms with Gasteiger partial charge in [-0.25, -0.2) is 9.67 Å². The van der Waals surface area contributed by atoms with Crippen LogP contribution in [0.5, 0.6) is 0 Å². The Labute approximate surface area is 166 Å². The fourth-order valence-electron chi connectivity index (χ4n) is 2.88. The fraction of sp³-hybridized carbons (Fsp3) is 0.0455. The first-order chi connectivity index (χ1) is 13.7. The van der Waals surface area contributed by atoms with Crippen molar-refractivity contribution in [2.24, 2.45) is 0 Å². The van der Waals surface area contributed by atoms with Gasteiger partial charge in [0.25, 0.3) is 5.56 Å². The molecule has 0 saturated heterocycles. The van der Waals surface area contributed by atoms with Gasteiger partial charge >= 0.3 is 0 Å². The van der Waals surface area contributed by atoms with Crippen molar-refractivity contribution in [1.29, 1.82) is 5.26 Å². The number of nitrogens with one attached hydrogen (secondary N) is 1. The van der Waals surface area contributed by atoms with Crippen LogP contribution in [0.2, 0.25) is 0 Å². The summed E-state index contributed by atoms with van der Waals surface area (Å²) in [5.41, 5.74) is 3.49. The Morgan fingerprint density at radius 1 is 1.00 bits per heavy atom. The fourth-order valence-corrected chi connectivity index (χ4v) is 3.82. The minimum Gasteiger partial charge on any atom is -0.294 e. The van der Waals surface area contributed by atoms with Crippen LogP contribution in [-0.4, -0.2) is 14.8 Å².